The van der Waals surface area contributed by atoms with Gasteiger partial charge in [-0.1, -0.05) is 0 Å². The summed E-state index contributed by atoms with van der Waals surface area (Å²) in [6.07, 6.45) is 2.60. The molecular weight excluding hydrogens is 395 g/mol. The van der Waals surface area contributed by atoms with Gasteiger partial charge < -0.3 is 11.1 Å². The third kappa shape index (κ3) is 4.94. The second-order valence-electron chi connectivity index (χ2n) is 6.12. The number of nitrogens with one attached hydrogen (secondary N) is 1. The fraction of sp³-hybridized carbons (Fsp3) is 0.294. The Bertz CT molecular complexity index is 891. The molecule has 27 heavy (non-hydrogen) atoms. The van der Waals surface area contributed by atoms with Crippen molar-refractivity contribution in [2.45, 2.75) is 17.7 Å². The molecule has 1 aliphatic heterocycles. The molecule has 3 N–H and O–H groups in total. The van der Waals surface area contributed by atoms with Gasteiger partial charge in [0.05, 0.1) is 22.7 Å². The first-order chi connectivity index (χ1) is 12.4. The van der Waals surface area contributed by atoms with Gasteiger partial charge in [0.2, 0.25) is 15.9 Å². The standard InChI is InChI=1S/C17H19FN4O3S.ClH/c18-13-3-6-15(7-4-13)26(24,25)22-9-1-2-12(11-22)17(23)21-14-5-8-16(19)20-10-14;/h3-8,10,12H,1-2,9,11H2,(H2,19,20)(H,21,23);1H. The van der Waals surface area contributed by atoms with Crippen LogP contribution in [0.4, 0.5) is 15.9 Å². The number of carbonyl (C=O) groups excluding carboxylic acids is 1. The van der Waals surface area contributed by atoms with Crippen LogP contribution in [0, 0.1) is 11.7 Å². The molecule has 1 amide bonds. The fourth-order valence-electron chi connectivity index (χ4n) is 2.85. The summed E-state index contributed by atoms with van der Waals surface area (Å²) in [7, 11) is -3.77. The molecule has 0 aliphatic carbocycles. The highest BCUT2D eigenvalue weighted by atomic mass is 35.5. The van der Waals surface area contributed by atoms with E-state index in [0.29, 0.717) is 30.9 Å². The maximum atomic E-state index is 13.0. The number of aromatic nitrogens is 1. The number of nitrogens with zero attached hydrogens (tertiary/aromatic N) is 2. The number of carbonyl (C=O) groups is 1. The van der Waals surface area contributed by atoms with Gasteiger partial charge in [-0.25, -0.2) is 17.8 Å². The van der Waals surface area contributed by atoms with Crippen LogP contribution in [0.1, 0.15) is 12.8 Å². The van der Waals surface area contributed by atoms with E-state index in [1.807, 2.05) is 0 Å². The predicted molar refractivity (Wildman–Crippen MR) is 102 cm³/mol. The Morgan fingerprint density at radius 2 is 1.93 bits per heavy atom. The van der Waals surface area contributed by atoms with E-state index in [4.69, 9.17) is 5.73 Å². The Kier molecular flexibility index (Phi) is 6.74. The SMILES string of the molecule is Cl.Nc1ccc(NC(=O)C2CCCN(S(=O)(=O)c3ccc(F)cc3)C2)cn1. The van der Waals surface area contributed by atoms with Crippen molar-refractivity contribution in [1.82, 2.24) is 9.29 Å². The average molecular weight is 415 g/mol. The molecule has 0 spiro atoms. The van der Waals surface area contributed by atoms with E-state index in [0.717, 1.165) is 12.1 Å². The summed E-state index contributed by atoms with van der Waals surface area (Å²) in [6.45, 7) is 0.404. The van der Waals surface area contributed by atoms with Gasteiger partial charge in [-0.2, -0.15) is 4.31 Å². The topological polar surface area (TPSA) is 105 Å². The van der Waals surface area contributed by atoms with Gasteiger partial charge in [-0.05, 0) is 49.2 Å². The highest BCUT2D eigenvalue weighted by molar-refractivity contribution is 7.89. The molecule has 1 atom stereocenters. The van der Waals surface area contributed by atoms with Crippen LogP contribution in [0.2, 0.25) is 0 Å². The van der Waals surface area contributed by atoms with E-state index in [2.05, 4.69) is 10.3 Å². The molecule has 1 saturated heterocycles. The summed E-state index contributed by atoms with van der Waals surface area (Å²) >= 11 is 0. The van der Waals surface area contributed by atoms with E-state index in [1.54, 1.807) is 12.1 Å². The lowest BCUT2D eigenvalue weighted by atomic mass is 9.99. The lowest BCUT2D eigenvalue weighted by Gasteiger charge is -2.31. The molecule has 2 heterocycles. The Labute approximate surface area is 163 Å². The third-order valence-corrected chi connectivity index (χ3v) is 6.14. The first kappa shape index (κ1) is 21.1. The Morgan fingerprint density at radius 3 is 2.56 bits per heavy atom. The number of sulfonamides is 1. The number of nitrogen functional groups attached to an aromatic ring is 1. The largest absolute Gasteiger partial charge is 0.384 e. The number of hydrogen-bond acceptors (Lipinski definition) is 5. The van der Waals surface area contributed by atoms with Crippen molar-refractivity contribution in [3.05, 3.63) is 48.4 Å². The Morgan fingerprint density at radius 1 is 1.22 bits per heavy atom. The van der Waals surface area contributed by atoms with Gasteiger partial charge in [0.1, 0.15) is 11.6 Å². The molecule has 0 saturated carbocycles. The smallest absolute Gasteiger partial charge is 0.243 e. The minimum Gasteiger partial charge on any atom is -0.384 e. The molecule has 0 radical (unpaired) electrons. The lowest BCUT2D eigenvalue weighted by Crippen LogP contribution is -2.43. The quantitative estimate of drug-likeness (QED) is 0.798. The number of piperidine rings is 1. The first-order valence-electron chi connectivity index (χ1n) is 8.14. The van der Waals surface area contributed by atoms with Crippen molar-refractivity contribution in [2.75, 3.05) is 24.1 Å². The maximum Gasteiger partial charge on any atom is 0.243 e. The molecular formula is C17H20ClFN4O3S. The van der Waals surface area contributed by atoms with Gasteiger partial charge in [-0.15, -0.1) is 12.4 Å². The number of nitrogens with two attached hydrogens (primary N) is 1. The number of hydrogen-bond donors (Lipinski definition) is 2. The van der Waals surface area contributed by atoms with E-state index in [9.17, 15) is 17.6 Å². The second kappa shape index (κ2) is 8.64. The van der Waals surface area contributed by atoms with Gasteiger partial charge in [0.25, 0.3) is 0 Å². The van der Waals surface area contributed by atoms with Crippen LogP contribution in [0.25, 0.3) is 0 Å². The summed E-state index contributed by atoms with van der Waals surface area (Å²) in [6, 6.07) is 7.88. The molecule has 3 rings (SSSR count). The van der Waals surface area contributed by atoms with Crippen LogP contribution < -0.4 is 11.1 Å². The summed E-state index contributed by atoms with van der Waals surface area (Å²) < 4.78 is 39.7. The highest BCUT2D eigenvalue weighted by Gasteiger charge is 2.33. The number of amides is 1. The van der Waals surface area contributed by atoms with Crippen molar-refractivity contribution >= 4 is 39.8 Å². The molecule has 1 aromatic carbocycles. The van der Waals surface area contributed by atoms with Gasteiger partial charge in [0, 0.05) is 13.1 Å². The summed E-state index contributed by atoms with van der Waals surface area (Å²) in [4.78, 5) is 16.4. The van der Waals surface area contributed by atoms with E-state index in [1.165, 1.54) is 22.6 Å². The summed E-state index contributed by atoms with van der Waals surface area (Å²) in [5.41, 5.74) is 6.01. The normalized spacial score (nSPS) is 17.7. The zero-order valence-electron chi connectivity index (χ0n) is 14.3. The van der Waals surface area contributed by atoms with Crippen LogP contribution in [0.15, 0.2) is 47.5 Å². The van der Waals surface area contributed by atoms with E-state index in [-0.39, 0.29) is 29.8 Å². The van der Waals surface area contributed by atoms with Crippen molar-refractivity contribution in [3.63, 3.8) is 0 Å². The van der Waals surface area contributed by atoms with E-state index < -0.39 is 21.8 Å². The van der Waals surface area contributed by atoms with Crippen molar-refractivity contribution in [2.24, 2.45) is 5.92 Å². The highest BCUT2D eigenvalue weighted by Crippen LogP contribution is 2.25. The predicted octanol–water partition coefficient (Wildman–Crippen LogP) is 2.26. The van der Waals surface area contributed by atoms with Crippen molar-refractivity contribution in [1.29, 1.82) is 0 Å². The number of halogens is 2. The number of rotatable bonds is 4. The zero-order chi connectivity index (χ0) is 18.7. The van der Waals surface area contributed by atoms with Crippen molar-refractivity contribution < 1.29 is 17.6 Å². The van der Waals surface area contributed by atoms with Crippen molar-refractivity contribution in [3.8, 4) is 0 Å². The first-order valence-corrected chi connectivity index (χ1v) is 9.58. The molecule has 1 aromatic heterocycles. The van der Waals surface area contributed by atoms with Gasteiger partial charge in [-0.3, -0.25) is 4.79 Å². The molecule has 1 aliphatic rings. The molecule has 1 unspecified atom stereocenters. The monoisotopic (exact) mass is 414 g/mol. The van der Waals surface area contributed by atoms with Gasteiger partial charge in [0.15, 0.2) is 0 Å². The zero-order valence-corrected chi connectivity index (χ0v) is 16.0. The molecule has 146 valence electrons. The Hall–Kier alpha value is -2.23. The Balaban J connectivity index is 0.00000261. The lowest BCUT2D eigenvalue weighted by molar-refractivity contribution is -0.120. The summed E-state index contributed by atoms with van der Waals surface area (Å²) in [5.74, 6) is -0.902. The molecule has 10 heteroatoms. The van der Waals surface area contributed by atoms with Gasteiger partial charge >= 0.3 is 0 Å². The number of anilines is 2. The maximum absolute atomic E-state index is 13.0. The minimum atomic E-state index is -3.77. The molecule has 2 aromatic rings. The summed E-state index contributed by atoms with van der Waals surface area (Å²) in [5, 5.41) is 2.73. The minimum absolute atomic E-state index is 0. The molecule has 7 nitrogen and oxygen atoms in total. The van der Waals surface area contributed by atoms with Crippen LogP contribution in [0.5, 0.6) is 0 Å². The fourth-order valence-corrected chi connectivity index (χ4v) is 4.38. The van der Waals surface area contributed by atoms with Crippen LogP contribution in [0.3, 0.4) is 0 Å². The third-order valence-electron chi connectivity index (χ3n) is 4.26. The van der Waals surface area contributed by atoms with Crippen LogP contribution >= 0.6 is 12.4 Å². The van der Waals surface area contributed by atoms with Crippen LogP contribution in [-0.4, -0.2) is 36.7 Å². The molecule has 1 fully saturated rings. The van der Waals surface area contributed by atoms with E-state index >= 15 is 0 Å². The molecule has 0 bridgehead atoms. The number of pyridine rings is 1. The van der Waals surface area contributed by atoms with Crippen LogP contribution in [-0.2, 0) is 14.8 Å². The number of benzene rings is 1. The average Bonchev–Trinajstić information content (AvgIpc) is 2.64. The second-order valence-corrected chi connectivity index (χ2v) is 8.06.